The Hall–Kier alpha value is -1.64. The lowest BCUT2D eigenvalue weighted by Gasteiger charge is -2.07. The molecule has 0 saturated heterocycles. The van der Waals surface area contributed by atoms with Crippen LogP contribution in [0.4, 0.5) is 22.0 Å². The van der Waals surface area contributed by atoms with Gasteiger partial charge in [-0.2, -0.15) is 18.4 Å². The number of nitrogens with zero attached hydrogens (tertiary/aromatic N) is 1. The van der Waals surface area contributed by atoms with Crippen molar-refractivity contribution in [3.63, 3.8) is 0 Å². The lowest BCUT2D eigenvalue weighted by molar-refractivity contribution is -0.140. The molecule has 14 heavy (non-hydrogen) atoms. The van der Waals surface area contributed by atoms with Crippen molar-refractivity contribution < 1.29 is 22.0 Å². The molecule has 0 saturated carbocycles. The second kappa shape index (κ2) is 3.25. The van der Waals surface area contributed by atoms with Crippen molar-refractivity contribution in [2.75, 3.05) is 0 Å². The average molecular weight is 207 g/mol. The lowest BCUT2D eigenvalue weighted by Crippen LogP contribution is -2.09. The van der Waals surface area contributed by atoms with Gasteiger partial charge >= 0.3 is 6.18 Å². The summed E-state index contributed by atoms with van der Waals surface area (Å²) in [5.41, 5.74) is -2.47. The van der Waals surface area contributed by atoms with Crippen molar-refractivity contribution in [2.45, 2.75) is 6.18 Å². The van der Waals surface area contributed by atoms with Gasteiger partial charge < -0.3 is 0 Å². The molecule has 74 valence electrons. The molecule has 0 aliphatic rings. The van der Waals surface area contributed by atoms with E-state index in [-0.39, 0.29) is 12.1 Å². The highest BCUT2D eigenvalue weighted by Gasteiger charge is 2.35. The first-order chi connectivity index (χ1) is 6.36. The molecule has 0 fully saturated rings. The van der Waals surface area contributed by atoms with E-state index in [1.54, 1.807) is 0 Å². The fourth-order valence-electron chi connectivity index (χ4n) is 0.850. The van der Waals surface area contributed by atoms with E-state index >= 15 is 0 Å². The summed E-state index contributed by atoms with van der Waals surface area (Å²) >= 11 is 0. The quantitative estimate of drug-likeness (QED) is 0.600. The van der Waals surface area contributed by atoms with Gasteiger partial charge in [-0.1, -0.05) is 0 Å². The van der Waals surface area contributed by atoms with Gasteiger partial charge in [0.15, 0.2) is 0 Å². The van der Waals surface area contributed by atoms with Gasteiger partial charge in [0.25, 0.3) is 0 Å². The second-order valence-corrected chi connectivity index (χ2v) is 2.42. The minimum absolute atomic E-state index is 0.0338. The number of rotatable bonds is 0. The van der Waals surface area contributed by atoms with Crippen LogP contribution in [0.15, 0.2) is 12.1 Å². The fraction of sp³-hybridized carbons (Fsp3) is 0.125. The summed E-state index contributed by atoms with van der Waals surface area (Å²) in [4.78, 5) is 0. The number of alkyl halides is 3. The molecule has 0 aliphatic carbocycles. The summed E-state index contributed by atoms with van der Waals surface area (Å²) in [5.74, 6) is -3.04. The Balaban J connectivity index is 3.38. The molecule has 1 aromatic carbocycles. The maximum Gasteiger partial charge on any atom is 0.419 e. The van der Waals surface area contributed by atoms with Crippen LogP contribution >= 0.6 is 0 Å². The molecular formula is C8H2F5N. The van der Waals surface area contributed by atoms with Gasteiger partial charge in [-0.3, -0.25) is 0 Å². The molecule has 1 nitrogen and oxygen atoms in total. The minimum atomic E-state index is -4.96. The number of hydrogen-bond acceptors (Lipinski definition) is 1. The van der Waals surface area contributed by atoms with Crippen LogP contribution in [-0.4, -0.2) is 0 Å². The molecule has 0 bridgehead atoms. The molecule has 1 rings (SSSR count). The highest BCUT2D eigenvalue weighted by Crippen LogP contribution is 2.32. The topological polar surface area (TPSA) is 23.8 Å². The maximum atomic E-state index is 12.7. The average Bonchev–Trinajstić information content (AvgIpc) is 2.06. The normalized spacial score (nSPS) is 11.1. The number of nitriles is 1. The molecule has 0 atom stereocenters. The molecular weight excluding hydrogens is 205 g/mol. The van der Waals surface area contributed by atoms with E-state index in [2.05, 4.69) is 0 Å². The van der Waals surface area contributed by atoms with E-state index in [9.17, 15) is 22.0 Å². The summed E-state index contributed by atoms with van der Waals surface area (Å²) < 4.78 is 61.3. The molecule has 0 amide bonds. The first-order valence-electron chi connectivity index (χ1n) is 3.32. The van der Waals surface area contributed by atoms with Crippen LogP contribution in [0, 0.1) is 23.0 Å². The van der Waals surface area contributed by atoms with Crippen molar-refractivity contribution in [3.05, 3.63) is 34.9 Å². The minimum Gasteiger partial charge on any atom is -0.206 e. The summed E-state index contributed by atoms with van der Waals surface area (Å²) in [5, 5.41) is 8.20. The predicted octanol–water partition coefficient (Wildman–Crippen LogP) is 2.86. The zero-order chi connectivity index (χ0) is 10.9. The van der Waals surface area contributed by atoms with Gasteiger partial charge in [-0.05, 0) is 12.1 Å². The zero-order valence-electron chi connectivity index (χ0n) is 6.49. The summed E-state index contributed by atoms with van der Waals surface area (Å²) in [6, 6.07) is 1.42. The van der Waals surface area contributed by atoms with Crippen LogP contribution in [0.1, 0.15) is 11.1 Å². The van der Waals surface area contributed by atoms with Gasteiger partial charge in [0.05, 0.1) is 11.1 Å². The number of hydrogen-bond donors (Lipinski definition) is 0. The smallest absolute Gasteiger partial charge is 0.206 e. The van der Waals surface area contributed by atoms with E-state index in [1.807, 2.05) is 0 Å². The largest absolute Gasteiger partial charge is 0.419 e. The SMILES string of the molecule is N#Cc1cc(F)c(C(F)(F)F)cc1F. The third-order valence-electron chi connectivity index (χ3n) is 1.48. The van der Waals surface area contributed by atoms with Crippen molar-refractivity contribution in [1.82, 2.24) is 0 Å². The Labute approximate surface area is 75.4 Å². The van der Waals surface area contributed by atoms with E-state index in [4.69, 9.17) is 5.26 Å². The van der Waals surface area contributed by atoms with Gasteiger partial charge in [0.1, 0.15) is 17.7 Å². The van der Waals surface area contributed by atoms with Gasteiger partial charge in [-0.15, -0.1) is 0 Å². The molecule has 0 spiro atoms. The third-order valence-corrected chi connectivity index (χ3v) is 1.48. The van der Waals surface area contributed by atoms with Gasteiger partial charge in [0, 0.05) is 0 Å². The molecule has 0 heterocycles. The standard InChI is InChI=1S/C8H2F5N/c9-6-2-5(8(11,12)13)7(10)1-4(6)3-14/h1-2H. The van der Waals surface area contributed by atoms with Crippen molar-refractivity contribution in [3.8, 4) is 6.07 Å². The Morgan fingerprint density at radius 1 is 1.07 bits per heavy atom. The van der Waals surface area contributed by atoms with E-state index in [0.717, 1.165) is 0 Å². The molecule has 0 aliphatic heterocycles. The maximum absolute atomic E-state index is 12.7. The summed E-state index contributed by atoms with van der Waals surface area (Å²) in [6.45, 7) is 0. The van der Waals surface area contributed by atoms with Crippen LogP contribution in [0.3, 0.4) is 0 Å². The molecule has 0 radical (unpaired) electrons. The monoisotopic (exact) mass is 207 g/mol. The van der Waals surface area contributed by atoms with E-state index in [0.29, 0.717) is 0 Å². The van der Waals surface area contributed by atoms with E-state index < -0.39 is 28.9 Å². The Morgan fingerprint density at radius 3 is 2.07 bits per heavy atom. The van der Waals surface area contributed by atoms with Crippen LogP contribution in [0.25, 0.3) is 0 Å². The molecule has 0 aromatic heterocycles. The number of benzene rings is 1. The molecule has 6 heteroatoms. The highest BCUT2D eigenvalue weighted by molar-refractivity contribution is 5.35. The first kappa shape index (κ1) is 10.4. The van der Waals surface area contributed by atoms with Crippen LogP contribution in [0.5, 0.6) is 0 Å². The first-order valence-corrected chi connectivity index (χ1v) is 3.32. The Bertz CT molecular complexity index is 401. The molecule has 1 aromatic rings. The van der Waals surface area contributed by atoms with E-state index in [1.165, 1.54) is 6.07 Å². The van der Waals surface area contributed by atoms with Crippen molar-refractivity contribution >= 4 is 0 Å². The third kappa shape index (κ3) is 1.82. The fourth-order valence-corrected chi connectivity index (χ4v) is 0.850. The van der Waals surface area contributed by atoms with Crippen LogP contribution in [-0.2, 0) is 6.18 Å². The van der Waals surface area contributed by atoms with Gasteiger partial charge in [-0.25, -0.2) is 8.78 Å². The zero-order valence-corrected chi connectivity index (χ0v) is 6.49. The van der Waals surface area contributed by atoms with Crippen LogP contribution in [0.2, 0.25) is 0 Å². The lowest BCUT2D eigenvalue weighted by atomic mass is 10.1. The molecule has 0 N–H and O–H groups in total. The predicted molar refractivity (Wildman–Crippen MR) is 36.1 cm³/mol. The van der Waals surface area contributed by atoms with Crippen molar-refractivity contribution in [1.29, 1.82) is 5.26 Å². The van der Waals surface area contributed by atoms with Crippen molar-refractivity contribution in [2.24, 2.45) is 0 Å². The second-order valence-electron chi connectivity index (χ2n) is 2.42. The van der Waals surface area contributed by atoms with Crippen LogP contribution < -0.4 is 0 Å². The van der Waals surface area contributed by atoms with Gasteiger partial charge in [0.2, 0.25) is 0 Å². The Kier molecular flexibility index (Phi) is 2.43. The summed E-state index contributed by atoms with van der Waals surface area (Å²) in [7, 11) is 0. The highest BCUT2D eigenvalue weighted by atomic mass is 19.4. The number of halogens is 5. The molecule has 0 unspecified atom stereocenters. The Morgan fingerprint density at radius 2 is 1.64 bits per heavy atom. The summed E-state index contributed by atoms with van der Waals surface area (Å²) in [6.07, 6.45) is -4.96.